The number of para-hydroxylation sites is 1. The molecular weight excluding hydrogens is 236 g/mol. The summed E-state index contributed by atoms with van der Waals surface area (Å²) in [5.74, 6) is 0.937. The molecule has 19 heavy (non-hydrogen) atoms. The van der Waals surface area contributed by atoms with E-state index in [9.17, 15) is 0 Å². The summed E-state index contributed by atoms with van der Waals surface area (Å²) >= 11 is 0. The van der Waals surface area contributed by atoms with Crippen LogP contribution in [0.4, 0.5) is 5.82 Å². The minimum absolute atomic E-state index is 0.820. The topological polar surface area (TPSA) is 34.1 Å². The van der Waals surface area contributed by atoms with Crippen LogP contribution in [0.1, 0.15) is 26.2 Å². The van der Waals surface area contributed by atoms with E-state index in [1.165, 1.54) is 11.8 Å². The van der Waals surface area contributed by atoms with Crippen LogP contribution in [0, 0.1) is 0 Å². The Balaban J connectivity index is 1.72. The van der Waals surface area contributed by atoms with Gasteiger partial charge in [0, 0.05) is 25.1 Å². The van der Waals surface area contributed by atoms with E-state index in [0.29, 0.717) is 0 Å². The molecule has 0 aliphatic carbocycles. The summed E-state index contributed by atoms with van der Waals surface area (Å²) in [6, 6.07) is 12.3. The van der Waals surface area contributed by atoms with Crippen molar-refractivity contribution in [2.24, 2.45) is 0 Å². The van der Waals surface area contributed by atoms with Crippen LogP contribution < -0.4 is 5.32 Å². The molecule has 1 N–H and O–H groups in total. The first-order chi connectivity index (χ1) is 9.40. The molecule has 102 valence electrons. The second kappa shape index (κ2) is 7.74. The minimum atomic E-state index is 0.820. The van der Waals surface area contributed by atoms with Gasteiger partial charge in [-0.15, -0.1) is 0 Å². The summed E-state index contributed by atoms with van der Waals surface area (Å²) in [5, 5.41) is 4.51. The van der Waals surface area contributed by atoms with E-state index in [-0.39, 0.29) is 0 Å². The molecule has 0 fully saturated rings. The maximum absolute atomic E-state index is 5.52. The molecule has 0 aliphatic rings. The van der Waals surface area contributed by atoms with Gasteiger partial charge in [-0.1, -0.05) is 31.5 Å². The number of hydrogen-bond acceptors (Lipinski definition) is 3. The molecular formula is C16H22N2O. The van der Waals surface area contributed by atoms with Crippen molar-refractivity contribution in [2.75, 3.05) is 25.1 Å². The molecule has 3 nitrogen and oxygen atoms in total. The molecule has 0 saturated carbocycles. The normalized spacial score (nSPS) is 10.8. The highest BCUT2D eigenvalue weighted by atomic mass is 16.5. The summed E-state index contributed by atoms with van der Waals surface area (Å²) in [6.07, 6.45) is 3.36. The van der Waals surface area contributed by atoms with Crippen molar-refractivity contribution < 1.29 is 4.74 Å². The summed E-state index contributed by atoms with van der Waals surface area (Å²) in [4.78, 5) is 4.57. The molecule has 1 aromatic carbocycles. The zero-order valence-electron chi connectivity index (χ0n) is 11.6. The first kappa shape index (κ1) is 13.8. The number of hydrogen-bond donors (Lipinski definition) is 1. The third-order valence-electron chi connectivity index (χ3n) is 3.01. The highest BCUT2D eigenvalue weighted by Crippen LogP contribution is 2.14. The minimum Gasteiger partial charge on any atom is -0.381 e. The van der Waals surface area contributed by atoms with Crippen LogP contribution in [0.25, 0.3) is 10.9 Å². The van der Waals surface area contributed by atoms with Gasteiger partial charge in [0.2, 0.25) is 0 Å². The van der Waals surface area contributed by atoms with Crippen LogP contribution in [-0.4, -0.2) is 24.7 Å². The monoisotopic (exact) mass is 258 g/mol. The van der Waals surface area contributed by atoms with Gasteiger partial charge in [-0.05, 0) is 31.0 Å². The molecule has 0 saturated heterocycles. The van der Waals surface area contributed by atoms with Gasteiger partial charge < -0.3 is 10.1 Å². The van der Waals surface area contributed by atoms with E-state index < -0.39 is 0 Å². The lowest BCUT2D eigenvalue weighted by molar-refractivity contribution is 0.131. The highest BCUT2D eigenvalue weighted by molar-refractivity contribution is 5.79. The zero-order chi connectivity index (χ0) is 13.3. The van der Waals surface area contributed by atoms with Crippen LogP contribution in [0.3, 0.4) is 0 Å². The SMILES string of the molecule is CCCCOCCCNc1ccc2ccccc2n1. The van der Waals surface area contributed by atoms with E-state index in [4.69, 9.17) is 4.74 Å². The van der Waals surface area contributed by atoms with E-state index in [1.54, 1.807) is 0 Å². The molecule has 2 rings (SSSR count). The van der Waals surface area contributed by atoms with Crippen LogP contribution in [0.5, 0.6) is 0 Å². The first-order valence-electron chi connectivity index (χ1n) is 7.07. The fourth-order valence-corrected chi connectivity index (χ4v) is 1.90. The summed E-state index contributed by atoms with van der Waals surface area (Å²) in [7, 11) is 0. The summed E-state index contributed by atoms with van der Waals surface area (Å²) in [6.45, 7) is 4.78. The number of aromatic nitrogens is 1. The smallest absolute Gasteiger partial charge is 0.126 e. The van der Waals surface area contributed by atoms with Gasteiger partial charge in [0.25, 0.3) is 0 Å². The zero-order valence-corrected chi connectivity index (χ0v) is 11.6. The number of ether oxygens (including phenoxy) is 1. The van der Waals surface area contributed by atoms with Crippen molar-refractivity contribution in [2.45, 2.75) is 26.2 Å². The molecule has 0 aliphatic heterocycles. The molecule has 2 aromatic rings. The van der Waals surface area contributed by atoms with E-state index >= 15 is 0 Å². The van der Waals surface area contributed by atoms with Crippen molar-refractivity contribution in [3.05, 3.63) is 36.4 Å². The lowest BCUT2D eigenvalue weighted by Crippen LogP contribution is -2.07. The predicted octanol–water partition coefficient (Wildman–Crippen LogP) is 3.85. The molecule has 0 radical (unpaired) electrons. The summed E-state index contributed by atoms with van der Waals surface area (Å²) in [5.41, 5.74) is 1.03. The average molecular weight is 258 g/mol. The second-order valence-electron chi connectivity index (χ2n) is 4.64. The van der Waals surface area contributed by atoms with Gasteiger partial charge >= 0.3 is 0 Å². The largest absolute Gasteiger partial charge is 0.381 e. The number of fused-ring (bicyclic) bond motifs is 1. The molecule has 1 heterocycles. The van der Waals surface area contributed by atoms with E-state index in [2.05, 4.69) is 29.4 Å². The van der Waals surface area contributed by atoms with Crippen LogP contribution >= 0.6 is 0 Å². The Bertz CT molecular complexity index is 499. The number of anilines is 1. The third kappa shape index (κ3) is 4.52. The van der Waals surface area contributed by atoms with Crippen molar-refractivity contribution >= 4 is 16.7 Å². The number of pyridine rings is 1. The van der Waals surface area contributed by atoms with E-state index in [1.807, 2.05) is 24.3 Å². The van der Waals surface area contributed by atoms with Gasteiger partial charge in [0.15, 0.2) is 0 Å². The van der Waals surface area contributed by atoms with Gasteiger partial charge in [-0.2, -0.15) is 0 Å². The Hall–Kier alpha value is -1.61. The fourth-order valence-electron chi connectivity index (χ4n) is 1.90. The Morgan fingerprint density at radius 1 is 1.05 bits per heavy atom. The maximum atomic E-state index is 5.52. The van der Waals surface area contributed by atoms with Gasteiger partial charge in [0.05, 0.1) is 5.52 Å². The summed E-state index contributed by atoms with van der Waals surface area (Å²) < 4.78 is 5.52. The standard InChI is InChI=1S/C16H22N2O/c1-2-3-12-19-13-6-11-17-16-10-9-14-7-4-5-8-15(14)18-16/h4-5,7-10H,2-3,6,11-13H2,1H3,(H,17,18). The Kier molecular flexibility index (Phi) is 5.63. The van der Waals surface area contributed by atoms with Crippen molar-refractivity contribution in [3.63, 3.8) is 0 Å². The number of benzene rings is 1. The Labute approximate surface area is 115 Å². The number of nitrogens with one attached hydrogen (secondary N) is 1. The molecule has 3 heteroatoms. The van der Waals surface area contributed by atoms with E-state index in [0.717, 1.165) is 43.9 Å². The van der Waals surface area contributed by atoms with Crippen LogP contribution in [0.2, 0.25) is 0 Å². The van der Waals surface area contributed by atoms with Gasteiger partial charge in [-0.25, -0.2) is 4.98 Å². The van der Waals surface area contributed by atoms with Crippen LogP contribution in [0.15, 0.2) is 36.4 Å². The lowest BCUT2D eigenvalue weighted by atomic mass is 10.2. The molecule has 0 spiro atoms. The molecule has 1 aromatic heterocycles. The van der Waals surface area contributed by atoms with Crippen molar-refractivity contribution in [3.8, 4) is 0 Å². The van der Waals surface area contributed by atoms with Crippen LogP contribution in [-0.2, 0) is 4.74 Å². The molecule has 0 atom stereocenters. The molecule has 0 amide bonds. The Morgan fingerprint density at radius 2 is 1.89 bits per heavy atom. The lowest BCUT2D eigenvalue weighted by Gasteiger charge is -2.07. The number of nitrogens with zero attached hydrogens (tertiary/aromatic N) is 1. The highest BCUT2D eigenvalue weighted by Gasteiger charge is 1.97. The third-order valence-corrected chi connectivity index (χ3v) is 3.01. The number of rotatable bonds is 8. The van der Waals surface area contributed by atoms with Crippen molar-refractivity contribution in [1.29, 1.82) is 0 Å². The average Bonchev–Trinajstić information content (AvgIpc) is 2.46. The fraction of sp³-hybridized carbons (Fsp3) is 0.438. The number of unbranched alkanes of at least 4 members (excludes halogenated alkanes) is 1. The first-order valence-corrected chi connectivity index (χ1v) is 7.07. The second-order valence-corrected chi connectivity index (χ2v) is 4.64. The van der Waals surface area contributed by atoms with Gasteiger partial charge in [0.1, 0.15) is 5.82 Å². The quantitative estimate of drug-likeness (QED) is 0.730. The molecule has 0 bridgehead atoms. The molecule has 0 unspecified atom stereocenters. The predicted molar refractivity (Wildman–Crippen MR) is 80.6 cm³/mol. The Morgan fingerprint density at radius 3 is 2.79 bits per heavy atom. The van der Waals surface area contributed by atoms with Crippen molar-refractivity contribution in [1.82, 2.24) is 4.98 Å². The van der Waals surface area contributed by atoms with Gasteiger partial charge in [-0.3, -0.25) is 0 Å². The maximum Gasteiger partial charge on any atom is 0.126 e.